The van der Waals surface area contributed by atoms with Gasteiger partial charge in [-0.25, -0.2) is 0 Å². The molecule has 1 aromatic rings. The molecule has 3 aliphatic rings. The highest BCUT2D eigenvalue weighted by Gasteiger charge is 2.51. The maximum absolute atomic E-state index is 8.74. The molecule has 3 N–H and O–H groups in total. The summed E-state index contributed by atoms with van der Waals surface area (Å²) >= 11 is 0. The monoisotopic (exact) mass is 325 g/mol. The molecule has 0 unspecified atom stereocenters. The van der Waals surface area contributed by atoms with Crippen molar-refractivity contribution >= 4 is 10.4 Å². The van der Waals surface area contributed by atoms with E-state index in [9.17, 15) is 0 Å². The topological polar surface area (TPSA) is 86.6 Å². The minimum absolute atomic E-state index is 0.545. The Labute approximate surface area is 131 Å². The van der Waals surface area contributed by atoms with Gasteiger partial charge >= 0.3 is 10.4 Å². The van der Waals surface area contributed by atoms with Gasteiger partial charge in [0.1, 0.15) is 0 Å². The van der Waals surface area contributed by atoms with Crippen LogP contribution < -0.4 is 5.32 Å². The van der Waals surface area contributed by atoms with Gasteiger partial charge < -0.3 is 5.32 Å². The lowest BCUT2D eigenvalue weighted by Gasteiger charge is -2.56. The third-order valence-corrected chi connectivity index (χ3v) is 5.55. The van der Waals surface area contributed by atoms with Crippen molar-refractivity contribution in [3.8, 4) is 0 Å². The number of rotatable bonds is 0. The SMILES string of the molecule is O=S(=O)(O)O.c1ccc2c(c1)C[C@H]1NCC[C@@]23CCCC[C@@H]13. The van der Waals surface area contributed by atoms with Gasteiger partial charge in [-0.05, 0) is 49.3 Å². The zero-order chi connectivity index (χ0) is 15.8. The number of hydrogen-bond acceptors (Lipinski definition) is 3. The highest BCUT2D eigenvalue weighted by atomic mass is 32.3. The van der Waals surface area contributed by atoms with Gasteiger partial charge in [-0.1, -0.05) is 37.1 Å². The predicted octanol–water partition coefficient (Wildman–Crippen LogP) is 2.38. The lowest BCUT2D eigenvalue weighted by molar-refractivity contribution is 0.0798. The normalized spacial score (nSPS) is 33.0. The van der Waals surface area contributed by atoms with Crippen LogP contribution in [0.25, 0.3) is 0 Å². The first kappa shape index (κ1) is 15.9. The Morgan fingerprint density at radius 2 is 1.86 bits per heavy atom. The van der Waals surface area contributed by atoms with Gasteiger partial charge in [0.05, 0.1) is 0 Å². The van der Waals surface area contributed by atoms with Crippen molar-refractivity contribution in [2.45, 2.75) is 50.0 Å². The lowest BCUT2D eigenvalue weighted by Crippen LogP contribution is -2.59. The molecule has 22 heavy (non-hydrogen) atoms. The van der Waals surface area contributed by atoms with E-state index in [1.807, 2.05) is 0 Å². The first-order valence-corrected chi connectivity index (χ1v) is 9.31. The Morgan fingerprint density at radius 1 is 1.14 bits per heavy atom. The van der Waals surface area contributed by atoms with E-state index in [4.69, 9.17) is 17.5 Å². The van der Waals surface area contributed by atoms with E-state index in [-0.39, 0.29) is 0 Å². The number of piperidine rings is 1. The van der Waals surface area contributed by atoms with Crippen LogP contribution in [0.1, 0.15) is 43.2 Å². The van der Waals surface area contributed by atoms with Crippen molar-refractivity contribution in [3.63, 3.8) is 0 Å². The smallest absolute Gasteiger partial charge is 0.313 e. The fourth-order valence-electron chi connectivity index (χ4n) is 4.89. The zero-order valence-corrected chi connectivity index (χ0v) is 13.3. The molecule has 1 aromatic carbocycles. The standard InChI is InChI=1S/C16H21N.H2O4S/c1-2-6-13-12(5-1)11-15-14-7-3-4-8-16(13,14)9-10-17-15;1-5(2,3)4/h1-2,5-6,14-15,17H,3-4,7-11H2;(H2,1,2,3,4)/t14-,15+,16-;/m0./s1. The van der Waals surface area contributed by atoms with Gasteiger partial charge in [0.25, 0.3) is 0 Å². The van der Waals surface area contributed by atoms with Crippen LogP contribution in [0, 0.1) is 5.92 Å². The molecule has 0 radical (unpaired) electrons. The van der Waals surface area contributed by atoms with Crippen LogP contribution in [0.15, 0.2) is 24.3 Å². The molecule has 4 rings (SSSR count). The van der Waals surface area contributed by atoms with Crippen molar-refractivity contribution < 1.29 is 17.5 Å². The summed E-state index contributed by atoms with van der Waals surface area (Å²) in [6.07, 6.45) is 8.41. The molecule has 1 saturated carbocycles. The van der Waals surface area contributed by atoms with E-state index in [0.29, 0.717) is 5.41 Å². The third kappa shape index (κ3) is 3.06. The van der Waals surface area contributed by atoms with Crippen molar-refractivity contribution in [3.05, 3.63) is 35.4 Å². The molecule has 2 bridgehead atoms. The second-order valence-electron chi connectivity index (χ2n) is 6.63. The molecule has 5 nitrogen and oxygen atoms in total. The van der Waals surface area contributed by atoms with Gasteiger partial charge in [-0.2, -0.15) is 8.42 Å². The average Bonchev–Trinajstić information content (AvgIpc) is 2.45. The van der Waals surface area contributed by atoms with Crippen molar-refractivity contribution in [1.29, 1.82) is 0 Å². The largest absolute Gasteiger partial charge is 0.394 e. The number of nitrogens with one attached hydrogen (secondary N) is 1. The van der Waals surface area contributed by atoms with Crippen LogP contribution in [-0.4, -0.2) is 30.1 Å². The van der Waals surface area contributed by atoms with E-state index >= 15 is 0 Å². The Morgan fingerprint density at radius 3 is 2.64 bits per heavy atom. The molecule has 1 aliphatic heterocycles. The van der Waals surface area contributed by atoms with E-state index in [0.717, 1.165) is 12.0 Å². The van der Waals surface area contributed by atoms with Crippen molar-refractivity contribution in [2.75, 3.05) is 6.54 Å². The minimum Gasteiger partial charge on any atom is -0.313 e. The first-order chi connectivity index (χ1) is 10.4. The second-order valence-corrected chi connectivity index (χ2v) is 7.52. The maximum Gasteiger partial charge on any atom is 0.394 e. The van der Waals surface area contributed by atoms with E-state index < -0.39 is 10.4 Å². The number of fused-ring (bicyclic) bond motifs is 1. The third-order valence-electron chi connectivity index (χ3n) is 5.55. The fraction of sp³-hybridized carbons (Fsp3) is 0.625. The quantitative estimate of drug-likeness (QED) is 0.638. The lowest BCUT2D eigenvalue weighted by atomic mass is 9.53. The molecule has 122 valence electrons. The molecular formula is C16H23NO4S. The van der Waals surface area contributed by atoms with Crippen molar-refractivity contribution in [2.24, 2.45) is 5.92 Å². The molecule has 6 heteroatoms. The van der Waals surface area contributed by atoms with Crippen LogP contribution >= 0.6 is 0 Å². The van der Waals surface area contributed by atoms with Crippen LogP contribution in [0.3, 0.4) is 0 Å². The first-order valence-electron chi connectivity index (χ1n) is 7.92. The summed E-state index contributed by atoms with van der Waals surface area (Å²) < 4.78 is 31.6. The Hall–Kier alpha value is -0.950. The van der Waals surface area contributed by atoms with Gasteiger partial charge in [0.15, 0.2) is 0 Å². The summed E-state index contributed by atoms with van der Waals surface area (Å²) in [5.41, 5.74) is 3.88. The zero-order valence-electron chi connectivity index (χ0n) is 12.5. The van der Waals surface area contributed by atoms with Crippen LogP contribution in [-0.2, 0) is 22.2 Å². The summed E-state index contributed by atoms with van der Waals surface area (Å²) in [7, 11) is -4.67. The van der Waals surface area contributed by atoms with E-state index in [1.54, 1.807) is 11.1 Å². The van der Waals surface area contributed by atoms with Crippen molar-refractivity contribution in [1.82, 2.24) is 5.32 Å². The molecule has 2 aliphatic carbocycles. The molecule has 2 fully saturated rings. The summed E-state index contributed by atoms with van der Waals surface area (Å²) in [5.74, 6) is 0.917. The summed E-state index contributed by atoms with van der Waals surface area (Å²) in [4.78, 5) is 0. The summed E-state index contributed by atoms with van der Waals surface area (Å²) in [6, 6.07) is 10.0. The number of hydrogen-bond donors (Lipinski definition) is 3. The Balaban J connectivity index is 0.000000254. The second kappa shape index (κ2) is 5.92. The molecule has 0 aromatic heterocycles. The van der Waals surface area contributed by atoms with Gasteiger partial charge in [-0.15, -0.1) is 0 Å². The van der Waals surface area contributed by atoms with Crippen LogP contribution in [0.4, 0.5) is 0 Å². The number of benzene rings is 1. The molecule has 0 spiro atoms. The van der Waals surface area contributed by atoms with Gasteiger partial charge in [0.2, 0.25) is 0 Å². The average molecular weight is 325 g/mol. The summed E-state index contributed by atoms with van der Waals surface area (Å²) in [5, 5.41) is 3.79. The van der Waals surface area contributed by atoms with Crippen LogP contribution in [0.2, 0.25) is 0 Å². The molecule has 1 saturated heterocycles. The fourth-order valence-corrected chi connectivity index (χ4v) is 4.89. The predicted molar refractivity (Wildman–Crippen MR) is 84.4 cm³/mol. The maximum atomic E-state index is 8.74. The Kier molecular flexibility index (Phi) is 4.29. The van der Waals surface area contributed by atoms with E-state index in [2.05, 4.69) is 29.6 Å². The minimum atomic E-state index is -4.67. The molecular weight excluding hydrogens is 302 g/mol. The molecule has 1 heterocycles. The van der Waals surface area contributed by atoms with Gasteiger partial charge in [-0.3, -0.25) is 9.11 Å². The molecule has 0 amide bonds. The highest BCUT2D eigenvalue weighted by molar-refractivity contribution is 7.79. The van der Waals surface area contributed by atoms with E-state index in [1.165, 1.54) is 45.1 Å². The Bertz CT molecular complexity index is 633. The van der Waals surface area contributed by atoms with Gasteiger partial charge in [0, 0.05) is 11.5 Å². The molecule has 3 atom stereocenters. The highest BCUT2D eigenvalue weighted by Crippen LogP contribution is 2.53. The van der Waals surface area contributed by atoms with Crippen LogP contribution in [0.5, 0.6) is 0 Å². The summed E-state index contributed by atoms with van der Waals surface area (Å²) in [6.45, 7) is 1.23.